The molecule has 2 aliphatic rings. The van der Waals surface area contributed by atoms with Crippen LogP contribution >= 0.6 is 0 Å². The first-order chi connectivity index (χ1) is 14.3. The Morgan fingerprint density at radius 3 is 2.62 bits per heavy atom. The normalized spacial score (nSPS) is 18.1. The molecule has 2 aromatic carbocycles. The maximum Gasteiger partial charge on any atom is 0.258 e. The Kier molecular flexibility index (Phi) is 4.28. The summed E-state index contributed by atoms with van der Waals surface area (Å²) >= 11 is 0. The van der Waals surface area contributed by atoms with E-state index in [4.69, 9.17) is 10.4 Å². The molecule has 0 unspecified atom stereocenters. The summed E-state index contributed by atoms with van der Waals surface area (Å²) in [5.74, 6) is 0.0654. The Balaban J connectivity index is 1.62. The minimum atomic E-state index is -0.282. The number of aryl methyl sites for hydroxylation is 1. The van der Waals surface area contributed by atoms with E-state index in [-0.39, 0.29) is 18.1 Å². The summed E-state index contributed by atoms with van der Waals surface area (Å²) in [6.45, 7) is 0.525. The third-order valence-electron chi connectivity index (χ3n) is 5.49. The average molecular weight is 383 g/mol. The van der Waals surface area contributed by atoms with Crippen molar-refractivity contribution in [2.75, 3.05) is 5.32 Å². The van der Waals surface area contributed by atoms with Crippen LogP contribution in [-0.2, 0) is 6.54 Å². The lowest BCUT2D eigenvalue weighted by molar-refractivity contribution is 0.0667. The van der Waals surface area contributed by atoms with Crippen LogP contribution < -0.4 is 5.32 Å². The molecule has 29 heavy (non-hydrogen) atoms. The molecule has 0 spiro atoms. The van der Waals surface area contributed by atoms with Crippen molar-refractivity contribution in [2.24, 2.45) is 0 Å². The van der Waals surface area contributed by atoms with E-state index in [1.807, 2.05) is 70.4 Å². The smallest absolute Gasteiger partial charge is 0.258 e. The number of benzene rings is 2. The molecule has 1 aromatic heterocycles. The molecular formula is C23H21N5O. The zero-order valence-corrected chi connectivity index (χ0v) is 16.0. The number of nitrogens with one attached hydrogen (secondary N) is 1. The number of hydrogen-bond donors (Lipinski definition) is 1. The van der Waals surface area contributed by atoms with Gasteiger partial charge in [0.05, 0.1) is 30.3 Å². The molecule has 0 saturated heterocycles. The van der Waals surface area contributed by atoms with Gasteiger partial charge in [0.15, 0.2) is 0 Å². The SMILES string of the molecule is N#CCCn1cc([C@H]2Nc3ccccc3C(=O)N2C2CC2)c(-c2ccccc2)n1. The molecule has 0 bridgehead atoms. The molecule has 6 nitrogen and oxygen atoms in total. The lowest BCUT2D eigenvalue weighted by Crippen LogP contribution is -2.44. The average Bonchev–Trinajstić information content (AvgIpc) is 3.51. The van der Waals surface area contributed by atoms with Crippen LogP contribution in [0.25, 0.3) is 11.3 Å². The highest BCUT2D eigenvalue weighted by molar-refractivity contribution is 6.02. The predicted molar refractivity (Wildman–Crippen MR) is 110 cm³/mol. The van der Waals surface area contributed by atoms with E-state index in [1.165, 1.54) is 0 Å². The minimum absolute atomic E-state index is 0.0654. The van der Waals surface area contributed by atoms with Crippen LogP contribution in [0.5, 0.6) is 0 Å². The van der Waals surface area contributed by atoms with Gasteiger partial charge >= 0.3 is 0 Å². The van der Waals surface area contributed by atoms with Crippen molar-refractivity contribution >= 4 is 11.6 Å². The molecule has 1 N–H and O–H groups in total. The summed E-state index contributed by atoms with van der Waals surface area (Å²) in [5, 5.41) is 17.3. The standard InChI is InChI=1S/C23H21N5O/c24-13-6-14-27-15-19(21(26-27)16-7-2-1-3-8-16)22-25-20-10-5-4-9-18(20)23(29)28(22)17-11-12-17/h1-5,7-10,15,17,22,25H,6,11-12,14H2/t22-/m0/s1. The minimum Gasteiger partial charge on any atom is -0.361 e. The zero-order valence-electron chi connectivity index (χ0n) is 16.0. The number of aromatic nitrogens is 2. The van der Waals surface area contributed by atoms with Crippen LogP contribution in [-0.4, -0.2) is 26.6 Å². The van der Waals surface area contributed by atoms with E-state index in [9.17, 15) is 4.79 Å². The molecule has 3 aromatic rings. The molecule has 144 valence electrons. The number of carbonyl (C=O) groups is 1. The van der Waals surface area contributed by atoms with Gasteiger partial charge in [-0.3, -0.25) is 9.48 Å². The number of rotatable bonds is 5. The van der Waals surface area contributed by atoms with Crippen molar-refractivity contribution in [3.05, 3.63) is 71.9 Å². The molecule has 1 atom stereocenters. The fourth-order valence-corrected chi connectivity index (χ4v) is 3.96. The first kappa shape index (κ1) is 17.5. The fraction of sp³-hybridized carbons (Fsp3) is 0.261. The quantitative estimate of drug-likeness (QED) is 0.717. The molecule has 1 amide bonds. The zero-order chi connectivity index (χ0) is 19.8. The van der Waals surface area contributed by atoms with Gasteiger partial charge in [-0.05, 0) is 25.0 Å². The second-order valence-corrected chi connectivity index (χ2v) is 7.51. The Labute approximate surface area is 169 Å². The third-order valence-corrected chi connectivity index (χ3v) is 5.49. The molecule has 1 aliphatic carbocycles. The van der Waals surface area contributed by atoms with E-state index >= 15 is 0 Å². The Bertz CT molecular complexity index is 1090. The maximum absolute atomic E-state index is 13.3. The van der Waals surface area contributed by atoms with Gasteiger partial charge in [-0.15, -0.1) is 0 Å². The van der Waals surface area contributed by atoms with Gasteiger partial charge < -0.3 is 10.2 Å². The maximum atomic E-state index is 13.3. The van der Waals surface area contributed by atoms with Crippen molar-refractivity contribution in [1.29, 1.82) is 5.26 Å². The molecule has 5 rings (SSSR count). The molecule has 6 heteroatoms. The third kappa shape index (κ3) is 3.15. The van der Waals surface area contributed by atoms with Gasteiger partial charge in [0.1, 0.15) is 6.17 Å². The van der Waals surface area contributed by atoms with E-state index in [0.29, 0.717) is 18.5 Å². The Hall–Kier alpha value is -3.59. The fourth-order valence-electron chi connectivity index (χ4n) is 3.96. The number of anilines is 1. The highest BCUT2D eigenvalue weighted by Gasteiger charge is 2.43. The van der Waals surface area contributed by atoms with Crippen molar-refractivity contribution < 1.29 is 4.79 Å². The topological polar surface area (TPSA) is 74.0 Å². The molecule has 0 radical (unpaired) electrons. The highest BCUT2D eigenvalue weighted by atomic mass is 16.2. The van der Waals surface area contributed by atoms with Gasteiger partial charge in [0.2, 0.25) is 0 Å². The number of nitriles is 1. The summed E-state index contributed by atoms with van der Waals surface area (Å²) in [6, 6.07) is 20.1. The summed E-state index contributed by atoms with van der Waals surface area (Å²) in [4.78, 5) is 15.3. The van der Waals surface area contributed by atoms with Gasteiger partial charge in [-0.25, -0.2) is 0 Å². The second kappa shape index (κ2) is 7.10. The number of carbonyl (C=O) groups excluding carboxylic acids is 1. The second-order valence-electron chi connectivity index (χ2n) is 7.51. The summed E-state index contributed by atoms with van der Waals surface area (Å²) < 4.78 is 1.82. The van der Waals surface area contributed by atoms with E-state index < -0.39 is 0 Å². The lowest BCUT2D eigenvalue weighted by Gasteiger charge is -2.38. The highest BCUT2D eigenvalue weighted by Crippen LogP contribution is 2.42. The predicted octanol–water partition coefficient (Wildman–Crippen LogP) is 4.19. The van der Waals surface area contributed by atoms with Gasteiger partial charge in [0, 0.05) is 29.1 Å². The van der Waals surface area contributed by atoms with Crippen LogP contribution in [0.4, 0.5) is 5.69 Å². The number of fused-ring (bicyclic) bond motifs is 1. The van der Waals surface area contributed by atoms with Gasteiger partial charge in [0.25, 0.3) is 5.91 Å². The van der Waals surface area contributed by atoms with E-state index in [2.05, 4.69) is 11.4 Å². The van der Waals surface area contributed by atoms with Crippen LogP contribution in [0, 0.1) is 11.3 Å². The largest absolute Gasteiger partial charge is 0.361 e. The number of amides is 1. The number of hydrogen-bond acceptors (Lipinski definition) is 4. The molecule has 1 saturated carbocycles. The van der Waals surface area contributed by atoms with E-state index in [0.717, 1.165) is 35.3 Å². The first-order valence-electron chi connectivity index (χ1n) is 9.94. The van der Waals surface area contributed by atoms with Gasteiger partial charge in [-0.2, -0.15) is 10.4 Å². The van der Waals surface area contributed by atoms with Crippen LogP contribution in [0.1, 0.15) is 41.3 Å². The van der Waals surface area contributed by atoms with Crippen LogP contribution in [0.15, 0.2) is 60.8 Å². The van der Waals surface area contributed by atoms with Crippen molar-refractivity contribution in [1.82, 2.24) is 14.7 Å². The molecule has 1 aliphatic heterocycles. The first-order valence-corrected chi connectivity index (χ1v) is 9.94. The molecule has 2 heterocycles. The van der Waals surface area contributed by atoms with Crippen molar-refractivity contribution in [3.8, 4) is 17.3 Å². The lowest BCUT2D eigenvalue weighted by atomic mass is 10.0. The van der Waals surface area contributed by atoms with Crippen LogP contribution in [0.3, 0.4) is 0 Å². The van der Waals surface area contributed by atoms with Crippen molar-refractivity contribution in [3.63, 3.8) is 0 Å². The van der Waals surface area contributed by atoms with Crippen LogP contribution in [0.2, 0.25) is 0 Å². The molecule has 1 fully saturated rings. The molecular weight excluding hydrogens is 362 g/mol. The van der Waals surface area contributed by atoms with E-state index in [1.54, 1.807) is 0 Å². The summed E-state index contributed by atoms with van der Waals surface area (Å²) in [7, 11) is 0. The number of para-hydroxylation sites is 1. The van der Waals surface area contributed by atoms with Crippen molar-refractivity contribution in [2.45, 2.75) is 38.0 Å². The summed E-state index contributed by atoms with van der Waals surface area (Å²) in [5.41, 5.74) is 4.38. The monoisotopic (exact) mass is 383 g/mol. The Morgan fingerprint density at radius 1 is 1.10 bits per heavy atom. The summed E-state index contributed by atoms with van der Waals surface area (Å²) in [6.07, 6.45) is 4.14. The Morgan fingerprint density at radius 2 is 1.86 bits per heavy atom. The van der Waals surface area contributed by atoms with Gasteiger partial charge in [-0.1, -0.05) is 42.5 Å². The number of nitrogens with zero attached hydrogens (tertiary/aromatic N) is 4.